The number of carbonyl (C=O) groups is 1. The molecule has 1 aliphatic rings. The van der Waals surface area contributed by atoms with Crippen molar-refractivity contribution in [3.05, 3.63) is 75.9 Å². The lowest BCUT2D eigenvalue weighted by Gasteiger charge is -2.36. The van der Waals surface area contributed by atoms with Crippen LogP contribution in [0.3, 0.4) is 0 Å². The van der Waals surface area contributed by atoms with Crippen LogP contribution in [0, 0.1) is 0 Å². The molecule has 3 aromatic carbocycles. The first-order valence-electron chi connectivity index (χ1n) is 12.8. The topological polar surface area (TPSA) is 107 Å². The van der Waals surface area contributed by atoms with Gasteiger partial charge < -0.3 is 14.8 Å². The van der Waals surface area contributed by atoms with Gasteiger partial charge >= 0.3 is 4.87 Å². The van der Waals surface area contributed by atoms with Crippen LogP contribution < -0.4 is 24.0 Å². The van der Waals surface area contributed by atoms with Crippen LogP contribution in [0.4, 0.5) is 11.4 Å². The lowest BCUT2D eigenvalue weighted by atomic mass is 9.86. The first-order chi connectivity index (χ1) is 18.9. The number of benzene rings is 3. The summed E-state index contributed by atoms with van der Waals surface area (Å²) < 4.78 is 42.7. The Morgan fingerprint density at radius 2 is 1.82 bits per heavy atom. The fraction of sp³-hybridized carbons (Fsp3) is 0.310. The summed E-state index contributed by atoms with van der Waals surface area (Å²) >= 11 is 1.11. The monoisotopic (exact) mass is 581 g/mol. The van der Waals surface area contributed by atoms with E-state index in [4.69, 9.17) is 9.47 Å². The van der Waals surface area contributed by atoms with Crippen LogP contribution >= 0.6 is 11.3 Å². The largest absolute Gasteiger partial charge is 0.497 e. The highest BCUT2D eigenvalue weighted by Gasteiger charge is 2.38. The van der Waals surface area contributed by atoms with E-state index in [1.165, 1.54) is 23.5 Å². The maximum absolute atomic E-state index is 13.9. The molecular weight excluding hydrogens is 550 g/mol. The fourth-order valence-corrected chi connectivity index (χ4v) is 7.09. The number of methoxy groups -OCH3 is 1. The predicted octanol–water partition coefficient (Wildman–Crippen LogP) is 4.98. The smallest absolute Gasteiger partial charge is 0.308 e. The molecule has 4 aromatic rings. The molecule has 0 unspecified atom stereocenters. The molecule has 1 N–H and O–H groups in total. The molecule has 1 aliphatic heterocycles. The van der Waals surface area contributed by atoms with Gasteiger partial charge in [0.2, 0.25) is 0 Å². The van der Waals surface area contributed by atoms with Crippen molar-refractivity contribution in [2.75, 3.05) is 23.3 Å². The first-order valence-corrected chi connectivity index (χ1v) is 15.1. The van der Waals surface area contributed by atoms with Crippen LogP contribution in [-0.4, -0.2) is 38.7 Å². The Balaban J connectivity index is 1.50. The quantitative estimate of drug-likeness (QED) is 0.344. The Morgan fingerprint density at radius 3 is 2.48 bits per heavy atom. The number of aromatic nitrogens is 1. The van der Waals surface area contributed by atoms with Crippen LogP contribution in [0.2, 0.25) is 0 Å². The lowest BCUT2D eigenvalue weighted by Crippen LogP contribution is -2.49. The van der Waals surface area contributed by atoms with Gasteiger partial charge in [-0.1, -0.05) is 38.2 Å². The van der Waals surface area contributed by atoms with Gasteiger partial charge in [-0.2, -0.15) is 0 Å². The summed E-state index contributed by atoms with van der Waals surface area (Å²) in [6.45, 7) is 8.35. The van der Waals surface area contributed by atoms with Crippen molar-refractivity contribution < 1.29 is 22.7 Å². The molecule has 1 amide bonds. The zero-order valence-corrected chi connectivity index (χ0v) is 24.6. The van der Waals surface area contributed by atoms with Crippen LogP contribution in [0.15, 0.2) is 70.4 Å². The second-order valence-corrected chi connectivity index (χ2v) is 13.4. The number of nitrogens with one attached hydrogen (secondary N) is 1. The third-order valence-corrected chi connectivity index (χ3v) is 9.62. The number of ether oxygens (including phenoxy) is 2. The highest BCUT2D eigenvalue weighted by Crippen LogP contribution is 2.40. The maximum atomic E-state index is 13.9. The van der Waals surface area contributed by atoms with E-state index in [1.807, 2.05) is 33.8 Å². The van der Waals surface area contributed by atoms with E-state index in [-0.39, 0.29) is 21.7 Å². The second kappa shape index (κ2) is 10.3. The summed E-state index contributed by atoms with van der Waals surface area (Å²) in [5.41, 5.74) is 2.35. The summed E-state index contributed by atoms with van der Waals surface area (Å²) in [7, 11) is -2.54. The minimum Gasteiger partial charge on any atom is -0.497 e. The molecule has 0 aliphatic carbocycles. The average molecular weight is 582 g/mol. The van der Waals surface area contributed by atoms with Gasteiger partial charge in [0, 0.05) is 12.2 Å². The zero-order chi connectivity index (χ0) is 28.8. The highest BCUT2D eigenvalue weighted by atomic mass is 32.2. The number of anilines is 2. The maximum Gasteiger partial charge on any atom is 0.308 e. The highest BCUT2D eigenvalue weighted by molar-refractivity contribution is 7.92. The van der Waals surface area contributed by atoms with Gasteiger partial charge in [-0.05, 0) is 72.5 Å². The summed E-state index contributed by atoms with van der Waals surface area (Å²) in [6, 6.07) is 16.8. The number of carbonyl (C=O) groups excluding carboxylic acids is 1. The summed E-state index contributed by atoms with van der Waals surface area (Å²) in [4.78, 5) is 25.7. The second-order valence-electron chi connectivity index (χ2n) is 10.5. The molecule has 1 atom stereocenters. The first kappa shape index (κ1) is 27.7. The number of hydrogen-bond donors (Lipinski definition) is 1. The fourth-order valence-electron chi connectivity index (χ4n) is 4.62. The standard InChI is InChI=1S/C29H31N3O6S2/c1-6-31-22-13-8-19(16-26(22)39-28(31)34)30-27(33)25-17-32(40(35,36)21-11-9-20(37-5)10-12-21)23-15-18(29(2,3)4)7-14-24(23)38-25/h7-16,25H,6,17H2,1-5H3,(H,30,33)/t25-/m0/s1. The van der Waals surface area contributed by atoms with Crippen molar-refractivity contribution in [1.29, 1.82) is 0 Å². The van der Waals surface area contributed by atoms with Gasteiger partial charge in [0.25, 0.3) is 15.9 Å². The van der Waals surface area contributed by atoms with Crippen molar-refractivity contribution in [2.24, 2.45) is 0 Å². The van der Waals surface area contributed by atoms with Crippen LogP contribution in [-0.2, 0) is 26.8 Å². The molecule has 9 nitrogen and oxygen atoms in total. The Kier molecular flexibility index (Phi) is 7.13. The van der Waals surface area contributed by atoms with Crippen molar-refractivity contribution in [3.8, 4) is 11.5 Å². The van der Waals surface area contributed by atoms with Crippen LogP contribution in [0.5, 0.6) is 11.5 Å². The molecule has 1 aromatic heterocycles. The van der Waals surface area contributed by atoms with Crippen LogP contribution in [0.25, 0.3) is 10.2 Å². The molecular formula is C29H31N3O6S2. The Hall–Kier alpha value is -3.83. The van der Waals surface area contributed by atoms with Gasteiger partial charge in [0.05, 0.1) is 34.5 Å². The Bertz CT molecular complexity index is 1750. The summed E-state index contributed by atoms with van der Waals surface area (Å²) in [5, 5.41) is 2.84. The molecule has 40 heavy (non-hydrogen) atoms. The molecule has 0 spiro atoms. The van der Waals surface area contributed by atoms with Crippen molar-refractivity contribution in [2.45, 2.75) is 50.7 Å². The molecule has 0 fully saturated rings. The van der Waals surface area contributed by atoms with E-state index in [9.17, 15) is 18.0 Å². The number of hydrogen-bond acceptors (Lipinski definition) is 7. The Morgan fingerprint density at radius 1 is 1.10 bits per heavy atom. The van der Waals surface area contributed by atoms with Gasteiger partial charge in [-0.15, -0.1) is 0 Å². The molecule has 2 heterocycles. The predicted molar refractivity (Wildman–Crippen MR) is 157 cm³/mol. The lowest BCUT2D eigenvalue weighted by molar-refractivity contribution is -0.122. The summed E-state index contributed by atoms with van der Waals surface area (Å²) in [6.07, 6.45) is -1.12. The van der Waals surface area contributed by atoms with E-state index in [0.29, 0.717) is 29.4 Å². The number of amides is 1. The molecule has 210 valence electrons. The van der Waals surface area contributed by atoms with E-state index >= 15 is 0 Å². The molecule has 0 radical (unpaired) electrons. The third-order valence-electron chi connectivity index (χ3n) is 6.89. The van der Waals surface area contributed by atoms with Crippen LogP contribution in [0.1, 0.15) is 33.3 Å². The SMILES string of the molecule is CCn1c(=O)sc2cc(NC(=O)[C@@H]3CN(S(=O)(=O)c4ccc(OC)cc4)c4cc(C(C)(C)C)ccc4O3)ccc21. The van der Waals surface area contributed by atoms with Gasteiger partial charge in [-0.3, -0.25) is 18.5 Å². The van der Waals surface area contributed by atoms with E-state index < -0.39 is 22.0 Å². The van der Waals surface area contributed by atoms with Gasteiger partial charge in [-0.25, -0.2) is 8.42 Å². The van der Waals surface area contributed by atoms with E-state index in [1.54, 1.807) is 47.0 Å². The number of rotatable bonds is 6. The van der Waals surface area contributed by atoms with Gasteiger partial charge in [0.1, 0.15) is 11.5 Å². The number of aryl methyl sites for hydroxylation is 1. The van der Waals surface area contributed by atoms with Crippen molar-refractivity contribution >= 4 is 48.9 Å². The molecule has 5 rings (SSSR count). The zero-order valence-electron chi connectivity index (χ0n) is 22.9. The molecule has 0 saturated carbocycles. The minimum absolute atomic E-state index is 0.0674. The number of fused-ring (bicyclic) bond motifs is 2. The average Bonchev–Trinajstić information content (AvgIpc) is 3.25. The number of sulfonamides is 1. The Labute approximate surface area is 237 Å². The molecule has 0 saturated heterocycles. The summed E-state index contributed by atoms with van der Waals surface area (Å²) in [5.74, 6) is 0.331. The van der Waals surface area contributed by atoms with E-state index in [2.05, 4.69) is 5.32 Å². The van der Waals surface area contributed by atoms with E-state index in [0.717, 1.165) is 27.1 Å². The van der Waals surface area contributed by atoms with Crippen molar-refractivity contribution in [3.63, 3.8) is 0 Å². The minimum atomic E-state index is -4.05. The number of thiazole rings is 1. The normalized spacial score (nSPS) is 15.4. The molecule has 11 heteroatoms. The third kappa shape index (κ3) is 5.06. The van der Waals surface area contributed by atoms with Crippen molar-refractivity contribution in [1.82, 2.24) is 4.57 Å². The molecule has 0 bridgehead atoms. The number of nitrogens with zero attached hydrogens (tertiary/aromatic N) is 2. The van der Waals surface area contributed by atoms with Gasteiger partial charge in [0.15, 0.2) is 6.10 Å².